The standard InChI is InChI=1S/C19H19F5O3.F2/c1-3-12(2)13-4-5-15-9-16(7-6-14(15)8-13)26-10-17(25)27-11-18(20,21)19(22,23)24;1-2/h4-9,12H,3,10-11H2,1-2H3;. The van der Waals surface area contributed by atoms with Gasteiger partial charge in [-0.2, -0.15) is 22.0 Å². The van der Waals surface area contributed by atoms with Crippen molar-refractivity contribution in [1.82, 2.24) is 0 Å². The number of ether oxygens (including phenoxy) is 2. The van der Waals surface area contributed by atoms with Crippen LogP contribution >= 0.6 is 0 Å². The van der Waals surface area contributed by atoms with Gasteiger partial charge in [-0.3, -0.25) is 0 Å². The summed E-state index contributed by atoms with van der Waals surface area (Å²) in [6.07, 6.45) is -4.77. The van der Waals surface area contributed by atoms with Gasteiger partial charge in [-0.15, -0.1) is 0 Å². The van der Waals surface area contributed by atoms with Gasteiger partial charge in [0.2, 0.25) is 0 Å². The highest BCUT2D eigenvalue weighted by Crippen LogP contribution is 2.35. The predicted molar refractivity (Wildman–Crippen MR) is 92.3 cm³/mol. The summed E-state index contributed by atoms with van der Waals surface area (Å²) in [6.45, 7) is 1.36. The fraction of sp³-hybridized carbons (Fsp3) is 0.421. The highest BCUT2D eigenvalue weighted by molar-refractivity contribution is 5.84. The van der Waals surface area contributed by atoms with Crippen molar-refractivity contribution in [1.29, 1.82) is 0 Å². The maximum absolute atomic E-state index is 12.7. The zero-order valence-electron chi connectivity index (χ0n) is 15.5. The fourth-order valence-corrected chi connectivity index (χ4v) is 2.31. The van der Waals surface area contributed by atoms with E-state index in [0.29, 0.717) is 5.92 Å². The van der Waals surface area contributed by atoms with Crippen molar-refractivity contribution in [3.63, 3.8) is 0 Å². The summed E-state index contributed by atoms with van der Waals surface area (Å²) in [5, 5.41) is 1.81. The van der Waals surface area contributed by atoms with Gasteiger partial charge >= 0.3 is 18.1 Å². The summed E-state index contributed by atoms with van der Waals surface area (Å²) in [5.74, 6) is -5.72. The molecule has 0 saturated heterocycles. The predicted octanol–water partition coefficient (Wildman–Crippen LogP) is 6.31. The molecule has 0 fully saturated rings. The number of rotatable bonds is 7. The first-order valence-corrected chi connectivity index (χ1v) is 8.44. The molecule has 0 heterocycles. The molecule has 0 aromatic heterocycles. The smallest absolute Gasteiger partial charge is 0.456 e. The molecular formula is C19H19F7O3. The maximum Gasteiger partial charge on any atom is 0.456 e. The molecule has 1 atom stereocenters. The van der Waals surface area contributed by atoms with Crippen LogP contribution in [-0.4, -0.2) is 31.3 Å². The van der Waals surface area contributed by atoms with E-state index in [0.717, 1.165) is 17.2 Å². The van der Waals surface area contributed by atoms with Gasteiger partial charge in [0, 0.05) is 9.15 Å². The van der Waals surface area contributed by atoms with Crippen LogP contribution in [0.3, 0.4) is 0 Å². The second-order valence-corrected chi connectivity index (χ2v) is 6.23. The first kappa shape index (κ1) is 24.5. The average Bonchev–Trinajstić information content (AvgIpc) is 2.70. The summed E-state index contributed by atoms with van der Waals surface area (Å²) in [6, 6.07) is 10.9. The zero-order valence-corrected chi connectivity index (χ0v) is 15.5. The Balaban J connectivity index is 0.00000204. The van der Waals surface area contributed by atoms with E-state index >= 15 is 0 Å². The van der Waals surface area contributed by atoms with Crippen molar-refractivity contribution in [3.8, 4) is 5.75 Å². The number of esters is 1. The molecule has 2 aromatic rings. The molecular weight excluding hydrogens is 409 g/mol. The van der Waals surface area contributed by atoms with E-state index in [9.17, 15) is 26.7 Å². The van der Waals surface area contributed by atoms with Gasteiger partial charge in [-0.05, 0) is 40.8 Å². The molecule has 0 N–H and O–H groups in total. The third-order valence-electron chi connectivity index (χ3n) is 4.20. The second-order valence-electron chi connectivity index (χ2n) is 6.23. The monoisotopic (exact) mass is 428 g/mol. The molecule has 0 bridgehead atoms. The molecule has 0 radical (unpaired) electrons. The summed E-state index contributed by atoms with van der Waals surface area (Å²) < 4.78 is 86.5. The summed E-state index contributed by atoms with van der Waals surface area (Å²) in [4.78, 5) is 11.4. The van der Waals surface area contributed by atoms with Crippen LogP contribution in [0.25, 0.3) is 10.8 Å². The zero-order chi connectivity index (χ0) is 22.2. The quantitative estimate of drug-likeness (QED) is 0.383. The van der Waals surface area contributed by atoms with Gasteiger partial charge in [-0.1, -0.05) is 38.1 Å². The first-order valence-electron chi connectivity index (χ1n) is 8.44. The van der Waals surface area contributed by atoms with E-state index in [4.69, 9.17) is 13.9 Å². The Morgan fingerprint density at radius 3 is 2.17 bits per heavy atom. The van der Waals surface area contributed by atoms with Crippen LogP contribution in [0.1, 0.15) is 31.7 Å². The van der Waals surface area contributed by atoms with E-state index in [1.54, 1.807) is 18.2 Å². The number of carbonyl (C=O) groups excluding carboxylic acids is 1. The van der Waals surface area contributed by atoms with Crippen molar-refractivity contribution < 1.29 is 45.4 Å². The average molecular weight is 428 g/mol. The SMILES string of the molecule is CCC(C)c1ccc2cc(OCC(=O)OCC(F)(F)C(F)(F)F)ccc2c1.FF. The number of hydrogen-bond acceptors (Lipinski definition) is 3. The minimum Gasteiger partial charge on any atom is -0.482 e. The third-order valence-corrected chi connectivity index (χ3v) is 4.20. The van der Waals surface area contributed by atoms with E-state index in [1.807, 2.05) is 18.2 Å². The van der Waals surface area contributed by atoms with Gasteiger partial charge < -0.3 is 9.47 Å². The highest BCUT2D eigenvalue weighted by Gasteiger charge is 2.58. The van der Waals surface area contributed by atoms with Gasteiger partial charge in [0.05, 0.1) is 0 Å². The van der Waals surface area contributed by atoms with Gasteiger partial charge in [0.15, 0.2) is 13.2 Å². The lowest BCUT2D eigenvalue weighted by atomic mass is 9.96. The van der Waals surface area contributed by atoms with Crippen molar-refractivity contribution in [3.05, 3.63) is 42.0 Å². The number of alkyl halides is 5. The highest BCUT2D eigenvalue weighted by atomic mass is 20.0. The van der Waals surface area contributed by atoms with E-state index < -0.39 is 31.3 Å². The van der Waals surface area contributed by atoms with Crippen LogP contribution in [0.15, 0.2) is 36.4 Å². The van der Waals surface area contributed by atoms with Crippen LogP contribution in [0, 0.1) is 0 Å². The molecule has 0 aliphatic rings. The normalized spacial score (nSPS) is 12.7. The van der Waals surface area contributed by atoms with Crippen molar-refractivity contribution in [2.45, 2.75) is 38.3 Å². The van der Waals surface area contributed by atoms with Crippen LogP contribution in [0.5, 0.6) is 5.75 Å². The summed E-state index contributed by atoms with van der Waals surface area (Å²) in [5.41, 5.74) is 1.19. The Kier molecular flexibility index (Phi) is 8.72. The van der Waals surface area contributed by atoms with Crippen molar-refractivity contribution in [2.75, 3.05) is 13.2 Å². The minimum absolute atomic E-state index is 0.276. The van der Waals surface area contributed by atoms with Crippen LogP contribution < -0.4 is 4.74 Å². The molecule has 0 saturated carbocycles. The molecule has 10 heteroatoms. The van der Waals surface area contributed by atoms with Crippen molar-refractivity contribution in [2.24, 2.45) is 0 Å². The Morgan fingerprint density at radius 1 is 1.00 bits per heavy atom. The van der Waals surface area contributed by atoms with E-state index in [1.165, 1.54) is 5.56 Å². The van der Waals surface area contributed by atoms with Crippen molar-refractivity contribution >= 4 is 16.7 Å². The van der Waals surface area contributed by atoms with Gasteiger partial charge in [0.1, 0.15) is 5.75 Å². The number of fused-ring (bicyclic) bond motifs is 1. The number of benzene rings is 2. The Labute approximate surface area is 162 Å². The molecule has 2 aromatic carbocycles. The molecule has 162 valence electrons. The molecule has 3 nitrogen and oxygen atoms in total. The molecule has 0 spiro atoms. The largest absolute Gasteiger partial charge is 0.482 e. The van der Waals surface area contributed by atoms with E-state index in [2.05, 4.69) is 18.6 Å². The van der Waals surface area contributed by atoms with E-state index in [-0.39, 0.29) is 5.75 Å². The summed E-state index contributed by atoms with van der Waals surface area (Å²) >= 11 is 0. The topological polar surface area (TPSA) is 35.5 Å². The Bertz CT molecular complexity index is 806. The van der Waals surface area contributed by atoms with Gasteiger partial charge in [-0.25, -0.2) is 4.79 Å². The third kappa shape index (κ3) is 6.79. The second kappa shape index (κ2) is 10.3. The first-order chi connectivity index (χ1) is 13.5. The van der Waals surface area contributed by atoms with Crippen LogP contribution in [0.4, 0.5) is 31.1 Å². The number of carbonyl (C=O) groups is 1. The molecule has 0 aliphatic heterocycles. The molecule has 29 heavy (non-hydrogen) atoms. The summed E-state index contributed by atoms with van der Waals surface area (Å²) in [7, 11) is 0. The Hall–Kier alpha value is -2.52. The lowest BCUT2D eigenvalue weighted by Crippen LogP contribution is -2.41. The van der Waals surface area contributed by atoms with Crippen LogP contribution in [-0.2, 0) is 9.53 Å². The number of hydrogen-bond donors (Lipinski definition) is 0. The lowest BCUT2D eigenvalue weighted by molar-refractivity contribution is -0.294. The van der Waals surface area contributed by atoms with Gasteiger partial charge in [0.25, 0.3) is 0 Å². The minimum atomic E-state index is -5.78. The number of halogens is 7. The fourth-order valence-electron chi connectivity index (χ4n) is 2.31. The maximum atomic E-state index is 12.7. The Morgan fingerprint density at radius 2 is 1.59 bits per heavy atom. The molecule has 0 amide bonds. The van der Waals surface area contributed by atoms with Crippen LogP contribution in [0.2, 0.25) is 0 Å². The lowest BCUT2D eigenvalue weighted by Gasteiger charge is -2.19. The molecule has 0 aliphatic carbocycles. The molecule has 1 unspecified atom stereocenters. The molecule has 2 rings (SSSR count).